The van der Waals surface area contributed by atoms with E-state index in [9.17, 15) is 14.4 Å². The number of rotatable bonds is 6. The Morgan fingerprint density at radius 2 is 1.58 bits per heavy atom. The third kappa shape index (κ3) is 4.82. The molecule has 0 aliphatic carbocycles. The minimum atomic E-state index is -0.411. The average molecular weight is 445 g/mol. The molecule has 1 fully saturated rings. The van der Waals surface area contributed by atoms with Crippen molar-refractivity contribution >= 4 is 23.4 Å². The van der Waals surface area contributed by atoms with Crippen molar-refractivity contribution in [1.82, 2.24) is 9.58 Å². The van der Waals surface area contributed by atoms with E-state index < -0.39 is 5.92 Å². The van der Waals surface area contributed by atoms with Gasteiger partial charge in [-0.3, -0.25) is 24.5 Å². The molecule has 0 bridgehead atoms. The summed E-state index contributed by atoms with van der Waals surface area (Å²) < 4.78 is 1.73. The zero-order chi connectivity index (χ0) is 23.5. The maximum Gasteiger partial charge on any atom is 0.270 e. The van der Waals surface area contributed by atoms with Gasteiger partial charge in [-0.05, 0) is 62.7 Å². The molecule has 170 valence electrons. The molecule has 3 aromatic rings. The number of nitrogens with zero attached hydrogens (tertiary/aromatic N) is 2. The molecule has 2 aromatic carbocycles. The molecule has 2 N–H and O–H groups in total. The molecular formula is C26H28N4O3. The standard InChI is InChI=1S/C26H28N4O3/c1-17-9-10-18(2)30(17)28-26(33)21-11-13-23(14-12-21)27-25(32)22-15-24(31)29(16-22)19(3)20-7-5-4-6-8-20/h4-14,19,22H,15-16H2,1-3H3,(H,27,32)(H,28,33)/t19-,22+/m0/s1. The van der Waals surface area contributed by atoms with Gasteiger partial charge >= 0.3 is 0 Å². The van der Waals surface area contributed by atoms with Crippen LogP contribution in [0.15, 0.2) is 66.7 Å². The van der Waals surface area contributed by atoms with Gasteiger partial charge in [0.1, 0.15) is 0 Å². The summed E-state index contributed by atoms with van der Waals surface area (Å²) in [4.78, 5) is 39.7. The van der Waals surface area contributed by atoms with E-state index in [-0.39, 0.29) is 30.2 Å². The Hall–Kier alpha value is -3.87. The van der Waals surface area contributed by atoms with Crippen LogP contribution in [0.1, 0.15) is 46.7 Å². The Bertz CT molecular complexity index is 1150. The second kappa shape index (κ2) is 9.32. The second-order valence-electron chi connectivity index (χ2n) is 8.49. The number of benzene rings is 2. The number of carbonyl (C=O) groups is 3. The molecule has 4 rings (SSSR count). The van der Waals surface area contributed by atoms with Crippen LogP contribution in [0.2, 0.25) is 0 Å². The Morgan fingerprint density at radius 3 is 2.21 bits per heavy atom. The lowest BCUT2D eigenvalue weighted by molar-refractivity contribution is -0.129. The molecule has 33 heavy (non-hydrogen) atoms. The van der Waals surface area contributed by atoms with E-state index in [2.05, 4.69) is 10.7 Å². The highest BCUT2D eigenvalue weighted by Gasteiger charge is 2.37. The smallest absolute Gasteiger partial charge is 0.270 e. The molecule has 7 nitrogen and oxygen atoms in total. The summed E-state index contributed by atoms with van der Waals surface area (Å²) in [5.74, 6) is -0.857. The summed E-state index contributed by atoms with van der Waals surface area (Å²) in [6.07, 6.45) is 0.194. The maximum absolute atomic E-state index is 12.8. The summed E-state index contributed by atoms with van der Waals surface area (Å²) >= 11 is 0. The van der Waals surface area contributed by atoms with E-state index in [0.29, 0.717) is 17.8 Å². The predicted molar refractivity (Wildman–Crippen MR) is 127 cm³/mol. The number of carbonyl (C=O) groups excluding carboxylic acids is 3. The lowest BCUT2D eigenvalue weighted by atomic mass is 10.1. The van der Waals surface area contributed by atoms with Gasteiger partial charge in [0.15, 0.2) is 0 Å². The molecule has 0 radical (unpaired) electrons. The van der Waals surface area contributed by atoms with Crippen molar-refractivity contribution in [3.8, 4) is 0 Å². The van der Waals surface area contributed by atoms with Crippen molar-refractivity contribution in [3.05, 3.63) is 89.2 Å². The van der Waals surface area contributed by atoms with E-state index in [4.69, 9.17) is 0 Å². The van der Waals surface area contributed by atoms with Crippen molar-refractivity contribution in [3.63, 3.8) is 0 Å². The molecular weight excluding hydrogens is 416 g/mol. The Labute approximate surface area is 193 Å². The lowest BCUT2D eigenvalue weighted by Gasteiger charge is -2.25. The third-order valence-corrected chi connectivity index (χ3v) is 6.18. The predicted octanol–water partition coefficient (Wildman–Crippen LogP) is 4.04. The van der Waals surface area contributed by atoms with Crippen LogP contribution in [-0.4, -0.2) is 33.8 Å². The van der Waals surface area contributed by atoms with Gasteiger partial charge in [-0.1, -0.05) is 30.3 Å². The molecule has 1 aliphatic heterocycles. The first kappa shape index (κ1) is 22.3. The van der Waals surface area contributed by atoms with Crippen molar-refractivity contribution in [1.29, 1.82) is 0 Å². The number of anilines is 1. The first-order valence-electron chi connectivity index (χ1n) is 11.0. The molecule has 1 aromatic heterocycles. The van der Waals surface area contributed by atoms with Crippen LogP contribution in [0.4, 0.5) is 5.69 Å². The molecule has 2 heterocycles. The number of hydrogen-bond acceptors (Lipinski definition) is 3. The van der Waals surface area contributed by atoms with E-state index >= 15 is 0 Å². The number of hydrogen-bond donors (Lipinski definition) is 2. The highest BCUT2D eigenvalue weighted by atomic mass is 16.2. The summed E-state index contributed by atoms with van der Waals surface area (Å²) in [5.41, 5.74) is 6.86. The molecule has 1 saturated heterocycles. The zero-order valence-electron chi connectivity index (χ0n) is 19.0. The van der Waals surface area contributed by atoms with Gasteiger partial charge in [-0.2, -0.15) is 0 Å². The van der Waals surface area contributed by atoms with Gasteiger partial charge < -0.3 is 10.2 Å². The van der Waals surface area contributed by atoms with Gasteiger partial charge in [0, 0.05) is 35.6 Å². The number of amides is 3. The molecule has 3 amide bonds. The minimum Gasteiger partial charge on any atom is -0.335 e. The van der Waals surface area contributed by atoms with Gasteiger partial charge in [-0.15, -0.1) is 0 Å². The Balaban J connectivity index is 1.36. The number of likely N-dealkylation sites (tertiary alicyclic amines) is 1. The van der Waals surface area contributed by atoms with Crippen molar-refractivity contribution in [2.24, 2.45) is 5.92 Å². The van der Waals surface area contributed by atoms with Crippen LogP contribution in [-0.2, 0) is 9.59 Å². The second-order valence-corrected chi connectivity index (χ2v) is 8.49. The fourth-order valence-corrected chi connectivity index (χ4v) is 4.15. The summed E-state index contributed by atoms with van der Waals surface area (Å²) in [6, 6.07) is 20.3. The van der Waals surface area contributed by atoms with Gasteiger partial charge in [-0.25, -0.2) is 0 Å². The van der Waals surface area contributed by atoms with Crippen LogP contribution in [0.25, 0.3) is 0 Å². The van der Waals surface area contributed by atoms with Gasteiger partial charge in [0.25, 0.3) is 5.91 Å². The topological polar surface area (TPSA) is 83.4 Å². The molecule has 1 aliphatic rings. The normalized spacial score (nSPS) is 16.5. The van der Waals surface area contributed by atoms with E-state index in [1.165, 1.54) is 0 Å². The molecule has 2 atom stereocenters. The van der Waals surface area contributed by atoms with Crippen molar-refractivity contribution < 1.29 is 14.4 Å². The molecule has 0 unspecified atom stereocenters. The number of aryl methyl sites for hydroxylation is 2. The average Bonchev–Trinajstić information content (AvgIpc) is 3.36. The minimum absolute atomic E-state index is 0.0193. The van der Waals surface area contributed by atoms with Crippen LogP contribution in [0.5, 0.6) is 0 Å². The highest BCUT2D eigenvalue weighted by molar-refractivity contribution is 6.01. The zero-order valence-corrected chi connectivity index (χ0v) is 19.0. The summed E-state index contributed by atoms with van der Waals surface area (Å²) in [6.45, 7) is 6.20. The number of aromatic nitrogens is 1. The van der Waals surface area contributed by atoms with Crippen molar-refractivity contribution in [2.45, 2.75) is 33.2 Å². The van der Waals surface area contributed by atoms with Crippen LogP contribution in [0, 0.1) is 19.8 Å². The molecule has 0 saturated carbocycles. The molecule has 7 heteroatoms. The number of nitrogens with one attached hydrogen (secondary N) is 2. The Kier molecular flexibility index (Phi) is 6.31. The lowest BCUT2D eigenvalue weighted by Crippen LogP contribution is -2.30. The first-order valence-corrected chi connectivity index (χ1v) is 11.0. The molecule has 0 spiro atoms. The fraction of sp³-hybridized carbons (Fsp3) is 0.269. The van der Waals surface area contributed by atoms with Crippen LogP contribution < -0.4 is 10.7 Å². The Morgan fingerprint density at radius 1 is 0.939 bits per heavy atom. The van der Waals surface area contributed by atoms with Gasteiger partial charge in [0.2, 0.25) is 11.8 Å². The fourth-order valence-electron chi connectivity index (χ4n) is 4.15. The quantitative estimate of drug-likeness (QED) is 0.602. The highest BCUT2D eigenvalue weighted by Crippen LogP contribution is 2.29. The van der Waals surface area contributed by atoms with E-state index in [1.807, 2.05) is 63.2 Å². The summed E-state index contributed by atoms with van der Waals surface area (Å²) in [5, 5.41) is 2.88. The third-order valence-electron chi connectivity index (χ3n) is 6.18. The van der Waals surface area contributed by atoms with Gasteiger partial charge in [0.05, 0.1) is 12.0 Å². The van der Waals surface area contributed by atoms with Crippen LogP contribution >= 0.6 is 0 Å². The first-order chi connectivity index (χ1) is 15.8. The van der Waals surface area contributed by atoms with E-state index in [1.54, 1.807) is 33.8 Å². The van der Waals surface area contributed by atoms with Crippen molar-refractivity contribution in [2.75, 3.05) is 17.3 Å². The van der Waals surface area contributed by atoms with Crippen LogP contribution in [0.3, 0.4) is 0 Å². The monoisotopic (exact) mass is 444 g/mol. The maximum atomic E-state index is 12.8. The van der Waals surface area contributed by atoms with E-state index in [0.717, 1.165) is 17.0 Å². The largest absolute Gasteiger partial charge is 0.335 e. The SMILES string of the molecule is Cc1ccc(C)n1NC(=O)c1ccc(NC(=O)[C@@H]2CC(=O)N([C@@H](C)c3ccccc3)C2)cc1. The summed E-state index contributed by atoms with van der Waals surface area (Å²) in [7, 11) is 0.